The van der Waals surface area contributed by atoms with Gasteiger partial charge in [0.2, 0.25) is 0 Å². The Morgan fingerprint density at radius 3 is 1.54 bits per heavy atom. The fourth-order valence-electron chi connectivity index (χ4n) is 2.09. The van der Waals surface area contributed by atoms with Crippen molar-refractivity contribution in [1.29, 1.82) is 0 Å². The maximum Gasteiger partial charge on any atom is 0.317 e. The molecule has 0 aliphatic heterocycles. The lowest BCUT2D eigenvalue weighted by Gasteiger charge is -2.18. The number of hydrogen-bond donors (Lipinski definition) is 2. The maximum atomic E-state index is 12.6. The maximum absolute atomic E-state index is 12.6. The lowest BCUT2D eigenvalue weighted by molar-refractivity contribution is -0.135. The molecule has 0 aliphatic carbocycles. The number of nitrogens with one attached hydrogen (secondary N) is 1. The van der Waals surface area contributed by atoms with Crippen molar-refractivity contribution in [1.82, 2.24) is 5.32 Å². The summed E-state index contributed by atoms with van der Waals surface area (Å²) in [6.07, 6.45) is 0. The first kappa shape index (κ1) is 21.8. The van der Waals surface area contributed by atoms with Crippen LogP contribution in [0.2, 0.25) is 0 Å². The minimum atomic E-state index is -3.01. The van der Waals surface area contributed by atoms with Gasteiger partial charge in [-0.1, -0.05) is 0 Å². The van der Waals surface area contributed by atoms with E-state index in [9.17, 15) is 13.9 Å². The van der Waals surface area contributed by atoms with Gasteiger partial charge >= 0.3 is 5.97 Å². The SMILES string of the molecule is COc1ccc(O[PH](=O)C(NCC(=O)O)[PH](=O)Oc2ccc(OC)cc2)cc1. The summed E-state index contributed by atoms with van der Waals surface area (Å²) in [6, 6.07) is 12.6. The Kier molecular flexibility index (Phi) is 8.39. The topological polar surface area (TPSA) is 120 Å². The zero-order valence-corrected chi connectivity index (χ0v) is 17.2. The molecular weight excluding hydrogens is 408 g/mol. The second-order valence-corrected chi connectivity index (χ2v) is 8.82. The number of carboxylic acid groups (broad SMARTS) is 1. The Bertz CT molecular complexity index is 765. The van der Waals surface area contributed by atoms with Gasteiger partial charge in [-0.2, -0.15) is 0 Å². The van der Waals surface area contributed by atoms with Crippen LogP contribution in [0.25, 0.3) is 0 Å². The van der Waals surface area contributed by atoms with Gasteiger partial charge in [-0.05, 0) is 48.5 Å². The average molecular weight is 429 g/mol. The molecule has 0 heterocycles. The highest BCUT2D eigenvalue weighted by Gasteiger charge is 2.27. The summed E-state index contributed by atoms with van der Waals surface area (Å²) >= 11 is 0. The van der Waals surface area contributed by atoms with Crippen molar-refractivity contribution in [3.05, 3.63) is 48.5 Å². The molecule has 0 aromatic heterocycles. The molecule has 152 valence electrons. The molecule has 2 unspecified atom stereocenters. The van der Waals surface area contributed by atoms with Crippen LogP contribution in [0, 0.1) is 0 Å². The van der Waals surface area contributed by atoms with Crippen LogP contribution in [-0.2, 0) is 13.9 Å². The first-order valence-corrected chi connectivity index (χ1v) is 10.9. The van der Waals surface area contributed by atoms with Gasteiger partial charge in [0.15, 0.2) is 5.52 Å². The molecule has 2 aromatic rings. The molecule has 0 bridgehead atoms. The molecule has 2 aromatic carbocycles. The van der Waals surface area contributed by atoms with Gasteiger partial charge in [0.1, 0.15) is 23.0 Å². The minimum absolute atomic E-state index is 0.270. The molecule has 0 radical (unpaired) electrons. The van der Waals surface area contributed by atoms with Gasteiger partial charge < -0.3 is 23.6 Å². The van der Waals surface area contributed by atoms with Crippen molar-refractivity contribution in [2.75, 3.05) is 20.8 Å². The van der Waals surface area contributed by atoms with Gasteiger partial charge in [0, 0.05) is 0 Å². The second kappa shape index (κ2) is 10.8. The monoisotopic (exact) mass is 429 g/mol. The van der Waals surface area contributed by atoms with E-state index in [-0.39, 0.29) is 11.5 Å². The standard InChI is InChI=1S/C17H21NO8P2/c1-23-12-3-7-14(8-4-12)25-27(21)17(18-11-16(19)20)28(22)26-15-9-5-13(24-2)6-10-15/h3-10,17-18,27-28H,11H2,1-2H3,(H,19,20). The molecule has 0 amide bonds. The van der Waals surface area contributed by atoms with E-state index in [2.05, 4.69) is 5.32 Å². The van der Waals surface area contributed by atoms with Crippen molar-refractivity contribution < 1.29 is 37.6 Å². The highest BCUT2D eigenvalue weighted by atomic mass is 31.2. The Balaban J connectivity index is 2.10. The summed E-state index contributed by atoms with van der Waals surface area (Å²) in [5.74, 6) is 0.522. The number of benzene rings is 2. The van der Waals surface area contributed by atoms with Gasteiger partial charge in [0.05, 0.1) is 20.8 Å². The molecule has 0 spiro atoms. The fraction of sp³-hybridized carbons (Fsp3) is 0.235. The summed E-state index contributed by atoms with van der Waals surface area (Å²) in [7, 11) is -3.00. The van der Waals surface area contributed by atoms with Crippen LogP contribution in [0.3, 0.4) is 0 Å². The fourth-order valence-corrected chi connectivity index (χ4v) is 4.72. The third-order valence-corrected chi connectivity index (χ3v) is 7.12. The van der Waals surface area contributed by atoms with Crippen LogP contribution in [0.1, 0.15) is 0 Å². The summed E-state index contributed by atoms with van der Waals surface area (Å²) < 4.78 is 46.0. The van der Waals surface area contributed by atoms with Crippen molar-refractivity contribution in [3.63, 3.8) is 0 Å². The van der Waals surface area contributed by atoms with Crippen molar-refractivity contribution in [2.24, 2.45) is 0 Å². The van der Waals surface area contributed by atoms with E-state index >= 15 is 0 Å². The number of rotatable bonds is 11. The summed E-state index contributed by atoms with van der Waals surface area (Å²) in [6.45, 7) is -0.546. The molecule has 2 N–H and O–H groups in total. The molecule has 2 atom stereocenters. The smallest absolute Gasteiger partial charge is 0.317 e. The van der Waals surface area contributed by atoms with Crippen LogP contribution < -0.4 is 23.8 Å². The Hall–Kier alpha value is -2.47. The van der Waals surface area contributed by atoms with Gasteiger partial charge in [-0.3, -0.25) is 19.2 Å². The lowest BCUT2D eigenvalue weighted by atomic mass is 10.3. The van der Waals surface area contributed by atoms with Crippen molar-refractivity contribution >= 4 is 22.0 Å². The predicted octanol–water partition coefficient (Wildman–Crippen LogP) is 3.07. The third-order valence-electron chi connectivity index (χ3n) is 3.48. The number of carboxylic acids is 1. The van der Waals surface area contributed by atoms with E-state index in [1.165, 1.54) is 38.5 Å². The highest BCUT2D eigenvalue weighted by molar-refractivity contribution is 7.59. The van der Waals surface area contributed by atoms with Crippen molar-refractivity contribution in [2.45, 2.75) is 5.52 Å². The molecule has 28 heavy (non-hydrogen) atoms. The molecule has 0 saturated carbocycles. The van der Waals surface area contributed by atoms with E-state index in [0.717, 1.165) is 0 Å². The molecule has 9 nitrogen and oxygen atoms in total. The molecule has 11 heteroatoms. The van der Waals surface area contributed by atoms with E-state index in [1.54, 1.807) is 24.3 Å². The zero-order chi connectivity index (χ0) is 20.5. The van der Waals surface area contributed by atoms with Crippen LogP contribution >= 0.6 is 16.1 Å². The minimum Gasteiger partial charge on any atom is -0.497 e. The Morgan fingerprint density at radius 1 is 0.857 bits per heavy atom. The van der Waals surface area contributed by atoms with Gasteiger partial charge in [-0.25, -0.2) is 0 Å². The highest BCUT2D eigenvalue weighted by Crippen LogP contribution is 2.45. The second-order valence-electron chi connectivity index (χ2n) is 5.40. The van der Waals surface area contributed by atoms with Crippen molar-refractivity contribution in [3.8, 4) is 23.0 Å². The van der Waals surface area contributed by atoms with E-state index in [4.69, 9.17) is 23.6 Å². The number of carbonyl (C=O) groups is 1. The Morgan fingerprint density at radius 2 is 1.21 bits per heavy atom. The normalized spacial score (nSPS) is 13.8. The summed E-state index contributed by atoms with van der Waals surface area (Å²) in [5.41, 5.74) is -1.27. The molecule has 0 fully saturated rings. The third kappa shape index (κ3) is 6.60. The van der Waals surface area contributed by atoms with Crippen LogP contribution in [0.15, 0.2) is 48.5 Å². The average Bonchev–Trinajstić information content (AvgIpc) is 2.69. The number of ether oxygens (including phenoxy) is 2. The molecule has 2 rings (SSSR count). The molecular formula is C17H21NO8P2. The lowest BCUT2D eigenvalue weighted by Crippen LogP contribution is -2.30. The van der Waals surface area contributed by atoms with E-state index < -0.39 is 34.1 Å². The van der Waals surface area contributed by atoms with Gasteiger partial charge in [-0.15, -0.1) is 0 Å². The number of hydrogen-bond acceptors (Lipinski definition) is 8. The first-order valence-electron chi connectivity index (χ1n) is 8.09. The van der Waals surface area contributed by atoms with Crippen LogP contribution in [0.4, 0.5) is 0 Å². The molecule has 0 aliphatic rings. The largest absolute Gasteiger partial charge is 0.497 e. The zero-order valence-electron chi connectivity index (χ0n) is 15.2. The predicted molar refractivity (Wildman–Crippen MR) is 105 cm³/mol. The van der Waals surface area contributed by atoms with Crippen LogP contribution in [0.5, 0.6) is 23.0 Å². The summed E-state index contributed by atoms with van der Waals surface area (Å²) in [5, 5.41) is 11.3. The van der Waals surface area contributed by atoms with E-state index in [1.807, 2.05) is 0 Å². The number of methoxy groups -OCH3 is 2. The number of aliphatic carboxylic acids is 1. The quantitative estimate of drug-likeness (QED) is 0.519. The molecule has 0 saturated heterocycles. The van der Waals surface area contributed by atoms with Crippen LogP contribution in [-0.4, -0.2) is 37.4 Å². The van der Waals surface area contributed by atoms with E-state index in [0.29, 0.717) is 11.5 Å². The summed E-state index contributed by atoms with van der Waals surface area (Å²) in [4.78, 5) is 10.9. The first-order chi connectivity index (χ1) is 13.4. The Labute approximate surface area is 163 Å². The van der Waals surface area contributed by atoms with Gasteiger partial charge in [0.25, 0.3) is 16.1 Å².